The topological polar surface area (TPSA) is 59.2 Å². The number of anilines is 1. The maximum absolute atomic E-state index is 13.0. The van der Waals surface area contributed by atoms with Crippen LogP contribution < -0.4 is 5.73 Å². The summed E-state index contributed by atoms with van der Waals surface area (Å²) in [6, 6.07) is 0.977. The van der Waals surface area contributed by atoms with Crippen LogP contribution in [0.5, 0.6) is 0 Å². The number of rotatable bonds is 1. The number of carbonyl (C=O) groups excluding carboxylic acids is 1. The average Bonchev–Trinajstić information content (AvgIpc) is 2.82. The summed E-state index contributed by atoms with van der Waals surface area (Å²) in [4.78, 5) is 18.8. The van der Waals surface area contributed by atoms with Gasteiger partial charge in [0.15, 0.2) is 0 Å². The first-order chi connectivity index (χ1) is 11.6. The SMILES string of the molecule is Cc1cc(C(F)(F)F)nc2sc(C(=O)N3C[C@@H](C)C[C@H](C)C3)c(N)c12. The number of aromatic nitrogens is 1. The van der Waals surface area contributed by atoms with E-state index < -0.39 is 11.9 Å². The van der Waals surface area contributed by atoms with Crippen molar-refractivity contribution < 1.29 is 18.0 Å². The molecule has 2 N–H and O–H groups in total. The lowest BCUT2D eigenvalue weighted by Gasteiger charge is -2.34. The summed E-state index contributed by atoms with van der Waals surface area (Å²) in [5, 5.41) is 0.444. The van der Waals surface area contributed by atoms with Gasteiger partial charge in [0.05, 0.1) is 5.69 Å². The molecule has 2 aromatic rings. The van der Waals surface area contributed by atoms with E-state index in [9.17, 15) is 18.0 Å². The number of amides is 1. The lowest BCUT2D eigenvalue weighted by molar-refractivity contribution is -0.141. The number of likely N-dealkylation sites (tertiary alicyclic amines) is 1. The molecule has 0 radical (unpaired) electrons. The zero-order valence-corrected chi connectivity index (χ0v) is 15.1. The van der Waals surface area contributed by atoms with E-state index in [2.05, 4.69) is 18.8 Å². The summed E-state index contributed by atoms with van der Waals surface area (Å²) in [7, 11) is 0. The Bertz CT molecular complexity index is 821. The van der Waals surface area contributed by atoms with Crippen molar-refractivity contribution >= 4 is 33.1 Å². The zero-order chi connectivity index (χ0) is 18.5. The van der Waals surface area contributed by atoms with Gasteiger partial charge in [-0.15, -0.1) is 11.3 Å². The second-order valence-corrected chi connectivity index (χ2v) is 8.00. The molecule has 3 rings (SSSR count). The summed E-state index contributed by atoms with van der Waals surface area (Å²) in [6.07, 6.45) is -3.47. The Labute approximate surface area is 147 Å². The maximum Gasteiger partial charge on any atom is 0.433 e. The summed E-state index contributed by atoms with van der Waals surface area (Å²) >= 11 is 0.945. The number of hydrogen-bond donors (Lipinski definition) is 1. The third kappa shape index (κ3) is 3.31. The molecule has 25 heavy (non-hydrogen) atoms. The van der Waals surface area contributed by atoms with Gasteiger partial charge >= 0.3 is 6.18 Å². The van der Waals surface area contributed by atoms with Crippen LogP contribution in [-0.2, 0) is 6.18 Å². The van der Waals surface area contributed by atoms with E-state index in [0.29, 0.717) is 35.9 Å². The minimum Gasteiger partial charge on any atom is -0.397 e. The lowest BCUT2D eigenvalue weighted by atomic mass is 9.92. The van der Waals surface area contributed by atoms with Crippen LogP contribution in [0.15, 0.2) is 6.07 Å². The molecule has 2 atom stereocenters. The second-order valence-electron chi connectivity index (χ2n) is 7.00. The van der Waals surface area contributed by atoms with Gasteiger partial charge in [-0.05, 0) is 36.8 Å². The number of thiophene rings is 1. The van der Waals surface area contributed by atoms with Crippen molar-refractivity contribution in [3.8, 4) is 0 Å². The van der Waals surface area contributed by atoms with Gasteiger partial charge in [0.25, 0.3) is 5.91 Å². The van der Waals surface area contributed by atoms with Crippen molar-refractivity contribution in [2.45, 2.75) is 33.4 Å². The van der Waals surface area contributed by atoms with Gasteiger partial charge in [-0.3, -0.25) is 4.79 Å². The molecule has 1 saturated heterocycles. The van der Waals surface area contributed by atoms with Gasteiger partial charge in [-0.1, -0.05) is 13.8 Å². The monoisotopic (exact) mass is 371 g/mol. The average molecular weight is 371 g/mol. The highest BCUT2D eigenvalue weighted by molar-refractivity contribution is 7.21. The number of halogens is 3. The molecule has 1 amide bonds. The number of fused-ring (bicyclic) bond motifs is 1. The number of nitrogen functional groups attached to an aromatic ring is 1. The summed E-state index contributed by atoms with van der Waals surface area (Å²) < 4.78 is 38.9. The molecule has 1 fully saturated rings. The van der Waals surface area contributed by atoms with Gasteiger partial charge < -0.3 is 10.6 Å². The maximum atomic E-state index is 13.0. The van der Waals surface area contributed by atoms with Gasteiger partial charge in [0.2, 0.25) is 0 Å². The van der Waals surface area contributed by atoms with E-state index in [-0.39, 0.29) is 21.3 Å². The van der Waals surface area contributed by atoms with E-state index in [1.54, 1.807) is 11.8 Å². The first-order valence-electron chi connectivity index (χ1n) is 8.14. The molecule has 2 aromatic heterocycles. The zero-order valence-electron chi connectivity index (χ0n) is 14.3. The van der Waals surface area contributed by atoms with Crippen LogP contribution in [-0.4, -0.2) is 28.9 Å². The number of alkyl halides is 3. The van der Waals surface area contributed by atoms with Crippen molar-refractivity contribution in [1.82, 2.24) is 9.88 Å². The van der Waals surface area contributed by atoms with Crippen LogP contribution in [0.1, 0.15) is 41.2 Å². The van der Waals surface area contributed by atoms with Crippen LogP contribution in [0.2, 0.25) is 0 Å². The Morgan fingerprint density at radius 1 is 1.32 bits per heavy atom. The molecule has 0 saturated carbocycles. The Balaban J connectivity index is 2.04. The second kappa shape index (κ2) is 6.16. The van der Waals surface area contributed by atoms with Gasteiger partial charge in [-0.2, -0.15) is 13.2 Å². The molecule has 3 heterocycles. The van der Waals surface area contributed by atoms with Crippen molar-refractivity contribution in [1.29, 1.82) is 0 Å². The normalized spacial score (nSPS) is 21.8. The van der Waals surface area contributed by atoms with Gasteiger partial charge in [0.1, 0.15) is 15.4 Å². The highest BCUT2D eigenvalue weighted by Gasteiger charge is 2.35. The molecule has 0 aliphatic carbocycles. The number of piperidine rings is 1. The van der Waals surface area contributed by atoms with Gasteiger partial charge in [-0.25, -0.2) is 4.98 Å². The largest absolute Gasteiger partial charge is 0.433 e. The Kier molecular flexibility index (Phi) is 4.43. The molecular weight excluding hydrogens is 351 g/mol. The predicted molar refractivity (Wildman–Crippen MR) is 92.6 cm³/mol. The van der Waals surface area contributed by atoms with Crippen LogP contribution in [0, 0.1) is 18.8 Å². The number of aryl methyl sites for hydroxylation is 1. The van der Waals surface area contributed by atoms with Crippen LogP contribution in [0.25, 0.3) is 10.2 Å². The first kappa shape index (κ1) is 18.0. The van der Waals surface area contributed by atoms with E-state index in [0.717, 1.165) is 23.8 Å². The fraction of sp³-hybridized carbons (Fsp3) is 0.529. The molecule has 1 aliphatic rings. The number of hydrogen-bond acceptors (Lipinski definition) is 4. The fourth-order valence-electron chi connectivity index (χ4n) is 3.59. The number of carbonyl (C=O) groups is 1. The first-order valence-corrected chi connectivity index (χ1v) is 8.95. The summed E-state index contributed by atoms with van der Waals surface area (Å²) in [6.45, 7) is 7.01. The molecule has 1 aliphatic heterocycles. The Hall–Kier alpha value is -1.83. The summed E-state index contributed by atoms with van der Waals surface area (Å²) in [5.74, 6) is 0.562. The quantitative estimate of drug-likeness (QED) is 0.812. The van der Waals surface area contributed by atoms with Crippen molar-refractivity contribution in [2.75, 3.05) is 18.8 Å². The molecule has 0 bridgehead atoms. The number of nitrogens with two attached hydrogens (primary N) is 1. The molecule has 8 heteroatoms. The third-order valence-corrected chi connectivity index (χ3v) is 5.62. The van der Waals surface area contributed by atoms with Crippen LogP contribution in [0.4, 0.5) is 18.9 Å². The highest BCUT2D eigenvalue weighted by atomic mass is 32.1. The van der Waals surface area contributed by atoms with Crippen LogP contribution in [0.3, 0.4) is 0 Å². The van der Waals surface area contributed by atoms with E-state index in [4.69, 9.17) is 5.73 Å². The van der Waals surface area contributed by atoms with Gasteiger partial charge in [0, 0.05) is 18.5 Å². The molecule has 0 aromatic carbocycles. The van der Waals surface area contributed by atoms with Crippen molar-refractivity contribution in [3.63, 3.8) is 0 Å². The third-order valence-electron chi connectivity index (χ3n) is 4.54. The number of nitrogens with zero attached hydrogens (tertiary/aromatic N) is 2. The molecular formula is C17H20F3N3OS. The van der Waals surface area contributed by atoms with E-state index >= 15 is 0 Å². The van der Waals surface area contributed by atoms with Crippen molar-refractivity contribution in [2.24, 2.45) is 11.8 Å². The summed E-state index contributed by atoms with van der Waals surface area (Å²) in [5.41, 5.74) is 5.77. The fourth-order valence-corrected chi connectivity index (χ4v) is 4.73. The molecule has 136 valence electrons. The minimum absolute atomic E-state index is 0.159. The van der Waals surface area contributed by atoms with E-state index in [1.165, 1.54) is 0 Å². The Morgan fingerprint density at radius 2 is 1.92 bits per heavy atom. The molecule has 4 nitrogen and oxygen atoms in total. The number of pyridine rings is 1. The minimum atomic E-state index is -4.53. The highest BCUT2D eigenvalue weighted by Crippen LogP contribution is 2.39. The standard InChI is InChI=1S/C17H20F3N3OS/c1-8-4-9(2)7-23(6-8)16(24)14-13(21)12-10(3)5-11(17(18,19)20)22-15(12)25-14/h5,8-9H,4,6-7,21H2,1-3H3/t8-,9-/m0/s1. The smallest absolute Gasteiger partial charge is 0.397 e. The van der Waals surface area contributed by atoms with Crippen molar-refractivity contribution in [3.05, 3.63) is 22.2 Å². The van der Waals surface area contributed by atoms with Crippen LogP contribution >= 0.6 is 11.3 Å². The predicted octanol–water partition coefficient (Wildman–Crippen LogP) is 4.32. The lowest BCUT2D eigenvalue weighted by Crippen LogP contribution is -2.42. The molecule has 0 unspecified atom stereocenters. The molecule has 0 spiro atoms. The van der Waals surface area contributed by atoms with E-state index in [1.807, 2.05) is 0 Å². The Morgan fingerprint density at radius 3 is 2.48 bits per heavy atom.